The first-order valence-corrected chi connectivity index (χ1v) is 9.51. The summed E-state index contributed by atoms with van der Waals surface area (Å²) in [6.45, 7) is 2.35. The summed E-state index contributed by atoms with van der Waals surface area (Å²) in [5, 5.41) is 7.02. The van der Waals surface area contributed by atoms with Crippen LogP contribution in [0.15, 0.2) is 60.8 Å². The Morgan fingerprint density at radius 2 is 1.93 bits per heavy atom. The lowest BCUT2D eigenvalue weighted by molar-refractivity contribution is -0.117. The summed E-state index contributed by atoms with van der Waals surface area (Å²) in [7, 11) is 1.76. The lowest BCUT2D eigenvalue weighted by Gasteiger charge is -2.17. The Morgan fingerprint density at radius 3 is 2.63 bits per heavy atom. The minimum Gasteiger partial charge on any atom is -0.462 e. The van der Waals surface area contributed by atoms with Crippen LogP contribution in [0.25, 0.3) is 5.69 Å². The van der Waals surface area contributed by atoms with Gasteiger partial charge in [0.2, 0.25) is 5.91 Å². The number of amides is 1. The Hall–Kier alpha value is -3.52. The zero-order valence-corrected chi connectivity index (χ0v) is 16.8. The van der Waals surface area contributed by atoms with E-state index in [0.29, 0.717) is 12.2 Å². The third-order valence-corrected chi connectivity index (χ3v) is 4.28. The van der Waals surface area contributed by atoms with E-state index < -0.39 is 5.97 Å². The van der Waals surface area contributed by atoms with E-state index in [1.54, 1.807) is 31.0 Å². The van der Waals surface area contributed by atoms with Gasteiger partial charge in [-0.15, -0.1) is 0 Å². The van der Waals surface area contributed by atoms with E-state index in [-0.39, 0.29) is 36.3 Å². The molecule has 0 spiro atoms. The van der Waals surface area contributed by atoms with Gasteiger partial charge in [-0.3, -0.25) is 9.69 Å². The second-order valence-corrected chi connectivity index (χ2v) is 6.73. The molecular formula is C22H23FN4O3. The molecule has 1 aromatic heterocycles. The third kappa shape index (κ3) is 5.30. The smallest absolute Gasteiger partial charge is 0.343 e. The molecule has 2 aromatic carbocycles. The van der Waals surface area contributed by atoms with Gasteiger partial charge in [-0.25, -0.2) is 13.9 Å². The van der Waals surface area contributed by atoms with Crippen LogP contribution in [0.2, 0.25) is 0 Å². The second-order valence-electron chi connectivity index (χ2n) is 6.73. The van der Waals surface area contributed by atoms with Gasteiger partial charge in [-0.05, 0) is 43.8 Å². The van der Waals surface area contributed by atoms with Gasteiger partial charge in [0.1, 0.15) is 11.4 Å². The number of anilines is 1. The Bertz CT molecular complexity index is 1020. The number of nitrogens with one attached hydrogen (secondary N) is 1. The minimum absolute atomic E-state index is 0.0404. The number of nitrogens with zero attached hydrogens (tertiary/aromatic N) is 3. The largest absolute Gasteiger partial charge is 0.462 e. The quantitative estimate of drug-likeness (QED) is 0.577. The number of ether oxygens (including phenoxy) is 1. The number of benzene rings is 2. The highest BCUT2D eigenvalue weighted by Gasteiger charge is 2.22. The predicted octanol–water partition coefficient (Wildman–Crippen LogP) is 3.26. The van der Waals surface area contributed by atoms with Crippen molar-refractivity contribution >= 4 is 17.7 Å². The molecule has 1 heterocycles. The first-order valence-electron chi connectivity index (χ1n) is 9.51. The van der Waals surface area contributed by atoms with E-state index in [9.17, 15) is 14.0 Å². The molecule has 7 nitrogen and oxygen atoms in total. The van der Waals surface area contributed by atoms with Crippen LogP contribution in [-0.2, 0) is 16.1 Å². The van der Waals surface area contributed by atoms with Gasteiger partial charge in [0, 0.05) is 6.54 Å². The number of hydrogen-bond donors (Lipinski definition) is 1. The number of esters is 1. The first-order chi connectivity index (χ1) is 14.5. The van der Waals surface area contributed by atoms with E-state index in [1.807, 2.05) is 30.3 Å². The van der Waals surface area contributed by atoms with Crippen molar-refractivity contribution < 1.29 is 18.7 Å². The van der Waals surface area contributed by atoms with Crippen molar-refractivity contribution in [2.45, 2.75) is 13.5 Å². The SMILES string of the molecule is CCOC(=O)c1cnn(-c2ccccc2)c1NC(=O)CN(C)Cc1cccc(F)c1. The third-order valence-electron chi connectivity index (χ3n) is 4.28. The van der Waals surface area contributed by atoms with Crippen molar-refractivity contribution in [2.24, 2.45) is 0 Å². The molecule has 0 unspecified atom stereocenters. The Morgan fingerprint density at radius 1 is 1.17 bits per heavy atom. The summed E-state index contributed by atoms with van der Waals surface area (Å²) in [6, 6.07) is 15.4. The van der Waals surface area contributed by atoms with Gasteiger partial charge in [0.25, 0.3) is 0 Å². The number of hydrogen-bond acceptors (Lipinski definition) is 5. The van der Waals surface area contributed by atoms with Gasteiger partial charge in [0.05, 0.1) is 25.0 Å². The number of aromatic nitrogens is 2. The molecule has 0 radical (unpaired) electrons. The average Bonchev–Trinajstić information content (AvgIpc) is 3.12. The fraction of sp³-hybridized carbons (Fsp3) is 0.227. The van der Waals surface area contributed by atoms with Gasteiger partial charge >= 0.3 is 5.97 Å². The minimum atomic E-state index is -0.567. The summed E-state index contributed by atoms with van der Waals surface area (Å²) in [5.74, 6) is -0.986. The number of likely N-dealkylation sites (N-methyl/N-ethyl adjacent to an activating group) is 1. The van der Waals surface area contributed by atoms with Crippen LogP contribution in [0.3, 0.4) is 0 Å². The molecule has 30 heavy (non-hydrogen) atoms. The second kappa shape index (κ2) is 9.80. The molecule has 0 saturated carbocycles. The predicted molar refractivity (Wildman–Crippen MR) is 111 cm³/mol. The molecule has 1 N–H and O–H groups in total. The summed E-state index contributed by atoms with van der Waals surface area (Å²) < 4.78 is 19.9. The standard InChI is InChI=1S/C22H23FN4O3/c1-3-30-22(29)19-13-24-27(18-10-5-4-6-11-18)21(19)25-20(28)15-26(2)14-16-8-7-9-17(23)12-16/h4-13H,3,14-15H2,1-2H3,(H,25,28). The molecular weight excluding hydrogens is 387 g/mol. The van der Waals surface area contributed by atoms with E-state index in [4.69, 9.17) is 4.74 Å². The summed E-state index contributed by atoms with van der Waals surface area (Å²) in [6.07, 6.45) is 1.37. The van der Waals surface area contributed by atoms with Crippen molar-refractivity contribution in [3.63, 3.8) is 0 Å². The molecule has 8 heteroatoms. The Kier molecular flexibility index (Phi) is 6.92. The van der Waals surface area contributed by atoms with Crippen molar-refractivity contribution in [1.82, 2.24) is 14.7 Å². The maximum absolute atomic E-state index is 13.4. The number of rotatable bonds is 8. The van der Waals surface area contributed by atoms with Crippen LogP contribution < -0.4 is 5.32 Å². The monoisotopic (exact) mass is 410 g/mol. The van der Waals surface area contributed by atoms with Crippen LogP contribution in [0.5, 0.6) is 0 Å². The van der Waals surface area contributed by atoms with Crippen LogP contribution in [0.4, 0.5) is 10.2 Å². The van der Waals surface area contributed by atoms with Crippen molar-refractivity contribution in [3.8, 4) is 5.69 Å². The van der Waals surface area contributed by atoms with Crippen LogP contribution in [-0.4, -0.2) is 46.8 Å². The molecule has 3 rings (SSSR count). The Labute approximate surface area is 174 Å². The molecule has 0 bridgehead atoms. The van der Waals surface area contributed by atoms with Gasteiger partial charge in [0.15, 0.2) is 5.82 Å². The summed E-state index contributed by atoms with van der Waals surface area (Å²) >= 11 is 0. The molecule has 1 amide bonds. The summed E-state index contributed by atoms with van der Waals surface area (Å²) in [4.78, 5) is 26.7. The number of carbonyl (C=O) groups is 2. The molecule has 3 aromatic rings. The van der Waals surface area contributed by atoms with Gasteiger partial charge in [-0.1, -0.05) is 30.3 Å². The van der Waals surface area contributed by atoms with Crippen LogP contribution in [0, 0.1) is 5.82 Å². The number of halogens is 1. The Balaban J connectivity index is 1.77. The number of carbonyl (C=O) groups excluding carboxylic acids is 2. The van der Waals surface area contributed by atoms with Crippen molar-refractivity contribution in [2.75, 3.05) is 25.5 Å². The van der Waals surface area contributed by atoms with Gasteiger partial charge < -0.3 is 10.1 Å². The van der Waals surface area contributed by atoms with Crippen molar-refractivity contribution in [1.29, 1.82) is 0 Å². The van der Waals surface area contributed by atoms with E-state index in [2.05, 4.69) is 10.4 Å². The highest BCUT2D eigenvalue weighted by atomic mass is 19.1. The maximum atomic E-state index is 13.4. The normalized spacial score (nSPS) is 10.8. The fourth-order valence-electron chi connectivity index (χ4n) is 3.01. The lowest BCUT2D eigenvalue weighted by Crippen LogP contribution is -2.31. The average molecular weight is 410 g/mol. The molecule has 0 aliphatic carbocycles. The highest BCUT2D eigenvalue weighted by molar-refractivity contribution is 6.01. The highest BCUT2D eigenvalue weighted by Crippen LogP contribution is 2.21. The lowest BCUT2D eigenvalue weighted by atomic mass is 10.2. The fourth-order valence-corrected chi connectivity index (χ4v) is 3.01. The summed E-state index contributed by atoms with van der Waals surface area (Å²) in [5.41, 5.74) is 1.62. The molecule has 0 aliphatic rings. The van der Waals surface area contributed by atoms with E-state index in [0.717, 1.165) is 5.56 Å². The topological polar surface area (TPSA) is 76.5 Å². The first kappa shape index (κ1) is 21.2. The van der Waals surface area contributed by atoms with E-state index >= 15 is 0 Å². The molecule has 0 aliphatic heterocycles. The zero-order valence-electron chi connectivity index (χ0n) is 16.8. The molecule has 0 fully saturated rings. The van der Waals surface area contributed by atoms with Crippen LogP contribution in [0.1, 0.15) is 22.8 Å². The van der Waals surface area contributed by atoms with Crippen LogP contribution >= 0.6 is 0 Å². The molecule has 0 atom stereocenters. The van der Waals surface area contributed by atoms with E-state index in [1.165, 1.54) is 23.0 Å². The molecule has 156 valence electrons. The number of para-hydroxylation sites is 1. The van der Waals surface area contributed by atoms with Crippen molar-refractivity contribution in [3.05, 3.63) is 77.7 Å². The van der Waals surface area contributed by atoms with Gasteiger partial charge in [-0.2, -0.15) is 5.10 Å². The maximum Gasteiger partial charge on any atom is 0.343 e. The molecule has 0 saturated heterocycles. The zero-order chi connectivity index (χ0) is 21.5.